The third-order valence-corrected chi connectivity index (χ3v) is 4.99. The maximum absolute atomic E-state index is 13.0. The topological polar surface area (TPSA) is 101 Å². The molecule has 1 fully saturated rings. The van der Waals surface area contributed by atoms with Crippen molar-refractivity contribution in [3.63, 3.8) is 0 Å². The molecule has 1 aliphatic heterocycles. The number of benzene rings is 1. The van der Waals surface area contributed by atoms with Crippen LogP contribution in [0.15, 0.2) is 36.5 Å². The van der Waals surface area contributed by atoms with Gasteiger partial charge in [-0.05, 0) is 38.3 Å². The first-order valence-electron chi connectivity index (χ1n) is 8.88. The number of carboxylic acid groups (broad SMARTS) is 1. The van der Waals surface area contributed by atoms with Crippen LogP contribution < -0.4 is 0 Å². The number of carboxylic acids is 1. The number of carbonyl (C=O) groups is 2. The summed E-state index contributed by atoms with van der Waals surface area (Å²) in [6, 6.07) is 8.72. The van der Waals surface area contributed by atoms with E-state index >= 15 is 0 Å². The SMILES string of the molecule is Cc1c(C(=O)N2CCCCC2C(=O)O)nnn1-c1cccc2cccnc12. The van der Waals surface area contributed by atoms with Crippen molar-refractivity contribution in [2.75, 3.05) is 6.54 Å². The Hall–Kier alpha value is -3.29. The van der Waals surface area contributed by atoms with Gasteiger partial charge >= 0.3 is 5.97 Å². The molecule has 1 saturated heterocycles. The van der Waals surface area contributed by atoms with Gasteiger partial charge in [-0.3, -0.25) is 9.78 Å². The maximum Gasteiger partial charge on any atom is 0.326 e. The Bertz CT molecular complexity index is 1020. The van der Waals surface area contributed by atoms with E-state index in [1.54, 1.807) is 17.8 Å². The van der Waals surface area contributed by atoms with Crippen LogP contribution in [0.1, 0.15) is 35.4 Å². The molecular formula is C19H19N5O3. The Morgan fingerprint density at radius 1 is 1.19 bits per heavy atom. The molecule has 1 unspecified atom stereocenters. The van der Waals surface area contributed by atoms with Crippen molar-refractivity contribution in [3.05, 3.63) is 47.9 Å². The van der Waals surface area contributed by atoms with Gasteiger partial charge in [-0.2, -0.15) is 0 Å². The average Bonchev–Trinajstić information content (AvgIpc) is 3.08. The fourth-order valence-corrected chi connectivity index (χ4v) is 3.58. The number of likely N-dealkylation sites (tertiary alicyclic amines) is 1. The highest BCUT2D eigenvalue weighted by Crippen LogP contribution is 2.24. The molecule has 8 nitrogen and oxygen atoms in total. The van der Waals surface area contributed by atoms with Crippen molar-refractivity contribution in [2.24, 2.45) is 0 Å². The second-order valence-corrected chi connectivity index (χ2v) is 6.64. The fraction of sp³-hybridized carbons (Fsp3) is 0.316. The number of para-hydroxylation sites is 1. The van der Waals surface area contributed by atoms with E-state index in [2.05, 4.69) is 15.3 Å². The number of hydrogen-bond donors (Lipinski definition) is 1. The minimum absolute atomic E-state index is 0.177. The van der Waals surface area contributed by atoms with Crippen LogP contribution in [0.2, 0.25) is 0 Å². The number of aromatic nitrogens is 4. The second kappa shape index (κ2) is 6.79. The molecule has 0 saturated carbocycles. The van der Waals surface area contributed by atoms with Gasteiger partial charge < -0.3 is 10.0 Å². The molecule has 27 heavy (non-hydrogen) atoms. The predicted octanol–water partition coefficient (Wildman–Crippen LogP) is 2.20. The highest BCUT2D eigenvalue weighted by molar-refractivity contribution is 5.96. The van der Waals surface area contributed by atoms with Crippen molar-refractivity contribution in [2.45, 2.75) is 32.2 Å². The van der Waals surface area contributed by atoms with Crippen LogP contribution in [0, 0.1) is 6.92 Å². The van der Waals surface area contributed by atoms with Crippen molar-refractivity contribution in [1.29, 1.82) is 0 Å². The quantitative estimate of drug-likeness (QED) is 0.764. The number of hydrogen-bond acceptors (Lipinski definition) is 5. The normalized spacial score (nSPS) is 17.2. The van der Waals surface area contributed by atoms with Gasteiger partial charge in [-0.1, -0.05) is 23.4 Å². The lowest BCUT2D eigenvalue weighted by atomic mass is 10.0. The number of aliphatic carboxylic acids is 1. The zero-order valence-corrected chi connectivity index (χ0v) is 14.9. The van der Waals surface area contributed by atoms with Crippen LogP contribution in [-0.2, 0) is 4.79 Å². The van der Waals surface area contributed by atoms with Gasteiger partial charge in [0.15, 0.2) is 5.69 Å². The smallest absolute Gasteiger partial charge is 0.326 e. The minimum atomic E-state index is -0.980. The van der Waals surface area contributed by atoms with E-state index in [9.17, 15) is 14.7 Å². The molecule has 0 bridgehead atoms. The van der Waals surface area contributed by atoms with Crippen LogP contribution in [0.3, 0.4) is 0 Å². The number of amides is 1. The van der Waals surface area contributed by atoms with Gasteiger partial charge in [0.25, 0.3) is 5.91 Å². The Morgan fingerprint density at radius 2 is 2.00 bits per heavy atom. The van der Waals surface area contributed by atoms with Crippen LogP contribution >= 0.6 is 0 Å². The molecule has 3 aromatic rings. The number of carbonyl (C=O) groups excluding carboxylic acids is 1. The van der Waals surface area contributed by atoms with Crippen LogP contribution in [-0.4, -0.2) is 54.4 Å². The van der Waals surface area contributed by atoms with E-state index in [1.165, 1.54) is 4.90 Å². The first kappa shape index (κ1) is 17.1. The van der Waals surface area contributed by atoms with Crippen molar-refractivity contribution < 1.29 is 14.7 Å². The summed E-state index contributed by atoms with van der Waals surface area (Å²) in [5.41, 5.74) is 2.22. The van der Waals surface area contributed by atoms with Gasteiger partial charge in [0.05, 0.1) is 16.9 Å². The zero-order valence-electron chi connectivity index (χ0n) is 14.9. The minimum Gasteiger partial charge on any atom is -0.480 e. The van der Waals surface area contributed by atoms with Crippen molar-refractivity contribution in [3.8, 4) is 5.69 Å². The second-order valence-electron chi connectivity index (χ2n) is 6.64. The molecule has 1 atom stereocenters. The largest absolute Gasteiger partial charge is 0.480 e. The molecule has 0 spiro atoms. The number of nitrogens with zero attached hydrogens (tertiary/aromatic N) is 5. The number of piperidine rings is 1. The molecule has 0 radical (unpaired) electrons. The lowest BCUT2D eigenvalue weighted by Crippen LogP contribution is -2.48. The predicted molar refractivity (Wildman–Crippen MR) is 97.7 cm³/mol. The van der Waals surface area contributed by atoms with E-state index in [-0.39, 0.29) is 11.6 Å². The maximum atomic E-state index is 13.0. The molecule has 138 valence electrons. The summed E-state index contributed by atoms with van der Waals surface area (Å²) in [5.74, 6) is -1.37. The number of pyridine rings is 1. The Kier molecular flexibility index (Phi) is 4.31. The molecule has 1 aromatic carbocycles. The monoisotopic (exact) mass is 365 g/mol. The Balaban J connectivity index is 1.74. The third-order valence-electron chi connectivity index (χ3n) is 4.99. The van der Waals surface area contributed by atoms with E-state index in [1.807, 2.05) is 30.3 Å². The highest BCUT2D eigenvalue weighted by Gasteiger charge is 2.34. The van der Waals surface area contributed by atoms with Crippen LogP contribution in [0.25, 0.3) is 16.6 Å². The molecule has 0 aliphatic carbocycles. The Labute approximate surface area is 155 Å². The van der Waals surface area contributed by atoms with Gasteiger partial charge in [0, 0.05) is 18.1 Å². The number of fused-ring (bicyclic) bond motifs is 1. The van der Waals surface area contributed by atoms with Gasteiger partial charge in [0.2, 0.25) is 0 Å². The molecular weight excluding hydrogens is 346 g/mol. The van der Waals surface area contributed by atoms with Crippen molar-refractivity contribution in [1.82, 2.24) is 24.9 Å². The molecule has 4 rings (SSSR count). The molecule has 1 N–H and O–H groups in total. The van der Waals surface area contributed by atoms with E-state index in [4.69, 9.17) is 0 Å². The molecule has 1 aliphatic rings. The first-order valence-corrected chi connectivity index (χ1v) is 8.88. The van der Waals surface area contributed by atoms with E-state index < -0.39 is 12.0 Å². The summed E-state index contributed by atoms with van der Waals surface area (Å²) < 4.78 is 1.59. The summed E-state index contributed by atoms with van der Waals surface area (Å²) in [4.78, 5) is 30.3. The van der Waals surface area contributed by atoms with Gasteiger partial charge in [-0.25, -0.2) is 9.48 Å². The standard InChI is InChI=1S/C19H19N5O3/c1-12-16(18(25)23-11-3-2-8-15(23)19(26)27)21-22-24(12)14-9-4-6-13-7-5-10-20-17(13)14/h4-7,9-10,15H,2-3,8,11H2,1H3,(H,26,27). The Morgan fingerprint density at radius 3 is 2.81 bits per heavy atom. The third kappa shape index (κ3) is 2.92. The van der Waals surface area contributed by atoms with E-state index in [0.29, 0.717) is 18.7 Å². The fourth-order valence-electron chi connectivity index (χ4n) is 3.58. The van der Waals surface area contributed by atoms with E-state index in [0.717, 1.165) is 29.4 Å². The summed E-state index contributed by atoms with van der Waals surface area (Å²) in [6.07, 6.45) is 3.75. The average molecular weight is 365 g/mol. The number of rotatable bonds is 3. The summed E-state index contributed by atoms with van der Waals surface area (Å²) in [6.45, 7) is 2.17. The van der Waals surface area contributed by atoms with Gasteiger partial charge in [-0.15, -0.1) is 5.10 Å². The van der Waals surface area contributed by atoms with Crippen LogP contribution in [0.5, 0.6) is 0 Å². The lowest BCUT2D eigenvalue weighted by Gasteiger charge is -2.32. The first-order chi connectivity index (χ1) is 13.1. The molecule has 2 aromatic heterocycles. The summed E-state index contributed by atoms with van der Waals surface area (Å²) >= 11 is 0. The zero-order chi connectivity index (χ0) is 19.0. The lowest BCUT2D eigenvalue weighted by molar-refractivity contribution is -0.143. The highest BCUT2D eigenvalue weighted by atomic mass is 16.4. The summed E-state index contributed by atoms with van der Waals surface area (Å²) in [5, 5.41) is 18.6. The molecule has 3 heterocycles. The van der Waals surface area contributed by atoms with Gasteiger partial charge in [0.1, 0.15) is 6.04 Å². The van der Waals surface area contributed by atoms with Crippen molar-refractivity contribution >= 4 is 22.8 Å². The molecule has 1 amide bonds. The van der Waals surface area contributed by atoms with Crippen LogP contribution in [0.4, 0.5) is 0 Å². The molecule has 8 heteroatoms. The summed E-state index contributed by atoms with van der Waals surface area (Å²) in [7, 11) is 0.